The van der Waals surface area contributed by atoms with Crippen molar-refractivity contribution in [3.05, 3.63) is 65.7 Å². The largest absolute Gasteiger partial charge is 0.493 e. The first kappa shape index (κ1) is 20.9. The molecule has 2 heterocycles. The Morgan fingerprint density at radius 2 is 1.68 bits per heavy atom. The van der Waals surface area contributed by atoms with Crippen LogP contribution < -0.4 is 14.2 Å². The van der Waals surface area contributed by atoms with Gasteiger partial charge in [0, 0.05) is 5.56 Å². The molecular formula is C22H19ClN4O3S. The number of aromatic nitrogens is 4. The summed E-state index contributed by atoms with van der Waals surface area (Å²) >= 11 is 1.45. The van der Waals surface area contributed by atoms with Crippen LogP contribution in [0.3, 0.4) is 0 Å². The van der Waals surface area contributed by atoms with Gasteiger partial charge >= 0.3 is 0 Å². The zero-order valence-electron chi connectivity index (χ0n) is 16.8. The van der Waals surface area contributed by atoms with Gasteiger partial charge in [0.1, 0.15) is 12.4 Å². The average Bonchev–Trinajstić information content (AvgIpc) is 3.37. The topological polar surface area (TPSA) is 70.8 Å². The molecule has 9 heteroatoms. The third kappa shape index (κ3) is 3.99. The molecule has 5 rings (SSSR count). The van der Waals surface area contributed by atoms with E-state index in [4.69, 9.17) is 14.2 Å². The SMILES string of the molecule is COc1ccc(-c2nnc3sc(COc4ccc5ccccc5c4)nn23)cc1OC.Cl. The molecule has 0 aliphatic rings. The van der Waals surface area contributed by atoms with Gasteiger partial charge in [-0.2, -0.15) is 9.61 Å². The quantitative estimate of drug-likeness (QED) is 0.358. The van der Waals surface area contributed by atoms with Crippen molar-refractivity contribution in [1.29, 1.82) is 0 Å². The van der Waals surface area contributed by atoms with Crippen LogP contribution >= 0.6 is 23.7 Å². The molecule has 0 saturated heterocycles. The number of methoxy groups -OCH3 is 2. The molecule has 0 aliphatic heterocycles. The first-order valence-electron chi connectivity index (χ1n) is 9.30. The lowest BCUT2D eigenvalue weighted by molar-refractivity contribution is 0.304. The molecule has 0 radical (unpaired) electrons. The molecule has 0 N–H and O–H groups in total. The third-order valence-electron chi connectivity index (χ3n) is 4.76. The lowest BCUT2D eigenvalue weighted by atomic mass is 10.1. The first-order chi connectivity index (χ1) is 14.7. The Hall–Kier alpha value is -3.36. The third-order valence-corrected chi connectivity index (χ3v) is 5.63. The summed E-state index contributed by atoms with van der Waals surface area (Å²) in [6.45, 7) is 0.359. The standard InChI is InChI=1S/C22H18N4O3S.ClH/c1-27-18-10-8-16(12-19(18)28-2)21-23-24-22-26(21)25-20(30-22)13-29-17-9-7-14-5-3-4-6-15(14)11-17;/h3-12H,13H2,1-2H3;1H. The Kier molecular flexibility index (Phi) is 5.92. The lowest BCUT2D eigenvalue weighted by Gasteiger charge is -2.08. The molecule has 158 valence electrons. The predicted octanol–water partition coefficient (Wildman–Crippen LogP) is 5.02. The monoisotopic (exact) mass is 454 g/mol. The summed E-state index contributed by atoms with van der Waals surface area (Å²) in [5, 5.41) is 16.3. The van der Waals surface area contributed by atoms with Crippen LogP contribution in [0.2, 0.25) is 0 Å². The summed E-state index contributed by atoms with van der Waals surface area (Å²) in [5.74, 6) is 2.73. The maximum atomic E-state index is 5.96. The zero-order valence-corrected chi connectivity index (χ0v) is 18.4. The fourth-order valence-electron chi connectivity index (χ4n) is 3.27. The highest BCUT2D eigenvalue weighted by molar-refractivity contribution is 7.16. The summed E-state index contributed by atoms with van der Waals surface area (Å²) in [6, 6.07) is 19.9. The number of nitrogens with zero attached hydrogens (tertiary/aromatic N) is 4. The zero-order chi connectivity index (χ0) is 20.5. The maximum absolute atomic E-state index is 5.96. The van der Waals surface area contributed by atoms with Gasteiger partial charge in [0.25, 0.3) is 0 Å². The molecular weight excluding hydrogens is 436 g/mol. The van der Waals surface area contributed by atoms with Crippen LogP contribution in [0.1, 0.15) is 5.01 Å². The van der Waals surface area contributed by atoms with E-state index in [1.807, 2.05) is 42.5 Å². The van der Waals surface area contributed by atoms with E-state index in [1.165, 1.54) is 16.7 Å². The predicted molar refractivity (Wildman–Crippen MR) is 123 cm³/mol. The first-order valence-corrected chi connectivity index (χ1v) is 10.1. The summed E-state index contributed by atoms with van der Waals surface area (Å²) in [6.07, 6.45) is 0. The molecule has 0 aliphatic carbocycles. The van der Waals surface area contributed by atoms with Gasteiger partial charge in [0.15, 0.2) is 22.3 Å². The number of halogens is 1. The Morgan fingerprint density at radius 3 is 2.48 bits per heavy atom. The van der Waals surface area contributed by atoms with Crippen LogP contribution in [-0.2, 0) is 6.61 Å². The van der Waals surface area contributed by atoms with E-state index in [0.717, 1.165) is 21.7 Å². The minimum absolute atomic E-state index is 0. The number of rotatable bonds is 6. The van der Waals surface area contributed by atoms with E-state index >= 15 is 0 Å². The van der Waals surface area contributed by atoms with E-state index < -0.39 is 0 Å². The van der Waals surface area contributed by atoms with Crippen molar-refractivity contribution < 1.29 is 14.2 Å². The second-order valence-electron chi connectivity index (χ2n) is 6.58. The second-order valence-corrected chi connectivity index (χ2v) is 7.62. The number of hydrogen-bond donors (Lipinski definition) is 0. The molecule has 0 saturated carbocycles. The van der Waals surface area contributed by atoms with E-state index in [2.05, 4.69) is 33.5 Å². The van der Waals surface area contributed by atoms with Gasteiger partial charge in [-0.25, -0.2) is 0 Å². The smallest absolute Gasteiger partial charge is 0.235 e. The van der Waals surface area contributed by atoms with E-state index in [-0.39, 0.29) is 12.4 Å². The van der Waals surface area contributed by atoms with Gasteiger partial charge in [0.2, 0.25) is 4.96 Å². The van der Waals surface area contributed by atoms with Gasteiger partial charge in [-0.3, -0.25) is 0 Å². The van der Waals surface area contributed by atoms with E-state index in [9.17, 15) is 0 Å². The van der Waals surface area contributed by atoms with Crippen LogP contribution in [0.15, 0.2) is 60.7 Å². The minimum Gasteiger partial charge on any atom is -0.493 e. The minimum atomic E-state index is 0. The van der Waals surface area contributed by atoms with Gasteiger partial charge in [-0.1, -0.05) is 41.7 Å². The molecule has 7 nitrogen and oxygen atoms in total. The Bertz CT molecular complexity index is 1350. The molecule has 2 aromatic heterocycles. The number of benzene rings is 3. The van der Waals surface area contributed by atoms with Crippen molar-refractivity contribution in [2.24, 2.45) is 0 Å². The summed E-state index contributed by atoms with van der Waals surface area (Å²) in [4.78, 5) is 0.705. The van der Waals surface area contributed by atoms with Crippen LogP contribution in [0.25, 0.3) is 27.1 Å². The summed E-state index contributed by atoms with van der Waals surface area (Å²) < 4.78 is 18.4. The molecule has 5 aromatic rings. The van der Waals surface area contributed by atoms with E-state index in [0.29, 0.717) is 28.9 Å². The molecule has 31 heavy (non-hydrogen) atoms. The van der Waals surface area contributed by atoms with Crippen LogP contribution in [0, 0.1) is 0 Å². The van der Waals surface area contributed by atoms with Gasteiger partial charge in [-0.05, 0) is 41.1 Å². The maximum Gasteiger partial charge on any atom is 0.235 e. The van der Waals surface area contributed by atoms with Crippen molar-refractivity contribution in [2.75, 3.05) is 14.2 Å². The lowest BCUT2D eigenvalue weighted by Crippen LogP contribution is -1.98. The fourth-order valence-corrected chi connectivity index (χ4v) is 4.02. The summed E-state index contributed by atoms with van der Waals surface area (Å²) in [5.41, 5.74) is 0.840. The molecule has 0 bridgehead atoms. The molecule has 0 atom stereocenters. The second kappa shape index (κ2) is 8.79. The molecule has 0 spiro atoms. The van der Waals surface area contributed by atoms with Crippen LogP contribution in [-0.4, -0.2) is 34.0 Å². The number of hydrogen-bond acceptors (Lipinski definition) is 7. The fraction of sp³-hybridized carbons (Fsp3) is 0.136. The van der Waals surface area contributed by atoms with Gasteiger partial charge in [-0.15, -0.1) is 22.6 Å². The van der Waals surface area contributed by atoms with Crippen molar-refractivity contribution in [1.82, 2.24) is 19.8 Å². The van der Waals surface area contributed by atoms with Gasteiger partial charge in [0.05, 0.1) is 14.2 Å². The van der Waals surface area contributed by atoms with Crippen LogP contribution in [0.5, 0.6) is 17.2 Å². The molecule has 0 fully saturated rings. The van der Waals surface area contributed by atoms with E-state index in [1.54, 1.807) is 18.7 Å². The highest BCUT2D eigenvalue weighted by Gasteiger charge is 2.16. The molecule has 0 unspecified atom stereocenters. The Balaban J connectivity index is 0.00000231. The van der Waals surface area contributed by atoms with Gasteiger partial charge < -0.3 is 14.2 Å². The highest BCUT2D eigenvalue weighted by Crippen LogP contribution is 2.32. The Morgan fingerprint density at radius 1 is 0.871 bits per heavy atom. The number of ether oxygens (including phenoxy) is 3. The van der Waals surface area contributed by atoms with Crippen molar-refractivity contribution in [3.63, 3.8) is 0 Å². The highest BCUT2D eigenvalue weighted by atomic mass is 35.5. The normalized spacial score (nSPS) is 10.8. The van der Waals surface area contributed by atoms with Crippen molar-refractivity contribution >= 4 is 39.5 Å². The number of fused-ring (bicyclic) bond motifs is 2. The average molecular weight is 455 g/mol. The molecule has 0 amide bonds. The van der Waals surface area contributed by atoms with Crippen LogP contribution in [0.4, 0.5) is 0 Å². The molecule has 3 aromatic carbocycles. The van der Waals surface area contributed by atoms with Crippen molar-refractivity contribution in [3.8, 4) is 28.6 Å². The van der Waals surface area contributed by atoms with Crippen molar-refractivity contribution in [2.45, 2.75) is 6.61 Å². The summed E-state index contributed by atoms with van der Waals surface area (Å²) in [7, 11) is 3.21. The Labute approximate surface area is 188 Å².